The molecule has 1 aliphatic rings. The van der Waals surface area contributed by atoms with E-state index in [0.717, 1.165) is 18.7 Å². The van der Waals surface area contributed by atoms with Crippen molar-refractivity contribution in [2.45, 2.75) is 32.2 Å². The number of hydrogen-bond donors (Lipinski definition) is 1. The fourth-order valence-corrected chi connectivity index (χ4v) is 2.25. The summed E-state index contributed by atoms with van der Waals surface area (Å²) in [4.78, 5) is 25.1. The van der Waals surface area contributed by atoms with Crippen molar-refractivity contribution < 1.29 is 9.59 Å². The number of amides is 2. The molecule has 16 heavy (non-hydrogen) atoms. The lowest BCUT2D eigenvalue weighted by Crippen LogP contribution is -2.47. The standard InChI is InChI=1S/C11H20N2O2S/c1-3-9(11(15)12-6-8-16-2)13-7-4-5-10(13)14/h9H,3-8H2,1-2H3,(H,12,15)/t9-/m0/s1. The molecule has 0 aromatic heterocycles. The number of likely N-dealkylation sites (tertiary alicyclic amines) is 1. The average molecular weight is 244 g/mol. The van der Waals surface area contributed by atoms with Gasteiger partial charge in [0.2, 0.25) is 11.8 Å². The molecule has 0 aliphatic carbocycles. The molecule has 0 unspecified atom stereocenters. The van der Waals surface area contributed by atoms with Gasteiger partial charge >= 0.3 is 0 Å². The van der Waals surface area contributed by atoms with E-state index in [-0.39, 0.29) is 17.9 Å². The SMILES string of the molecule is CC[C@@H](C(=O)NCCSC)N1CCCC1=O. The van der Waals surface area contributed by atoms with Gasteiger partial charge in [-0.05, 0) is 19.1 Å². The Hall–Kier alpha value is -0.710. The van der Waals surface area contributed by atoms with Crippen LogP contribution in [0.5, 0.6) is 0 Å². The lowest BCUT2D eigenvalue weighted by Gasteiger charge is -2.25. The largest absolute Gasteiger partial charge is 0.353 e. The van der Waals surface area contributed by atoms with Crippen LogP contribution in [0.25, 0.3) is 0 Å². The van der Waals surface area contributed by atoms with Gasteiger partial charge in [-0.1, -0.05) is 6.92 Å². The van der Waals surface area contributed by atoms with Crippen molar-refractivity contribution in [3.05, 3.63) is 0 Å². The highest BCUT2D eigenvalue weighted by Gasteiger charge is 2.31. The zero-order valence-corrected chi connectivity index (χ0v) is 10.8. The zero-order chi connectivity index (χ0) is 12.0. The van der Waals surface area contributed by atoms with Crippen molar-refractivity contribution in [3.8, 4) is 0 Å². The van der Waals surface area contributed by atoms with Crippen LogP contribution in [0.4, 0.5) is 0 Å². The summed E-state index contributed by atoms with van der Waals surface area (Å²) in [5.74, 6) is 1.02. The van der Waals surface area contributed by atoms with E-state index < -0.39 is 0 Å². The first-order valence-electron chi connectivity index (χ1n) is 5.76. The van der Waals surface area contributed by atoms with Crippen LogP contribution >= 0.6 is 11.8 Å². The summed E-state index contributed by atoms with van der Waals surface area (Å²) in [6, 6.07) is -0.267. The van der Waals surface area contributed by atoms with Gasteiger partial charge in [0.15, 0.2) is 0 Å². The third-order valence-corrected chi connectivity index (χ3v) is 3.39. The highest BCUT2D eigenvalue weighted by Crippen LogP contribution is 2.15. The van der Waals surface area contributed by atoms with Crippen LogP contribution in [-0.2, 0) is 9.59 Å². The summed E-state index contributed by atoms with van der Waals surface area (Å²) < 4.78 is 0. The van der Waals surface area contributed by atoms with Crippen molar-refractivity contribution in [1.82, 2.24) is 10.2 Å². The third-order valence-electron chi connectivity index (χ3n) is 2.78. The number of carbonyl (C=O) groups is 2. The number of carbonyl (C=O) groups excluding carboxylic acids is 2. The molecule has 0 bridgehead atoms. The topological polar surface area (TPSA) is 49.4 Å². The van der Waals surface area contributed by atoms with E-state index in [0.29, 0.717) is 19.4 Å². The summed E-state index contributed by atoms with van der Waals surface area (Å²) in [6.07, 6.45) is 4.17. The zero-order valence-electron chi connectivity index (χ0n) is 9.99. The van der Waals surface area contributed by atoms with Crippen LogP contribution in [0.3, 0.4) is 0 Å². The Morgan fingerprint density at radius 3 is 2.88 bits per heavy atom. The molecule has 1 saturated heterocycles. The molecule has 1 rings (SSSR count). The summed E-state index contributed by atoms with van der Waals surface area (Å²) in [5.41, 5.74) is 0. The molecule has 2 amide bonds. The second-order valence-electron chi connectivity index (χ2n) is 3.90. The second-order valence-corrected chi connectivity index (χ2v) is 4.88. The van der Waals surface area contributed by atoms with Crippen LogP contribution in [0.2, 0.25) is 0 Å². The number of nitrogens with one attached hydrogen (secondary N) is 1. The van der Waals surface area contributed by atoms with Gasteiger partial charge in [0, 0.05) is 25.3 Å². The lowest BCUT2D eigenvalue weighted by atomic mass is 10.2. The normalized spacial score (nSPS) is 17.6. The fraction of sp³-hybridized carbons (Fsp3) is 0.818. The molecule has 0 aromatic carbocycles. The van der Waals surface area contributed by atoms with Gasteiger partial charge in [-0.2, -0.15) is 11.8 Å². The van der Waals surface area contributed by atoms with Gasteiger partial charge in [-0.3, -0.25) is 9.59 Å². The van der Waals surface area contributed by atoms with Crippen LogP contribution in [-0.4, -0.2) is 47.9 Å². The van der Waals surface area contributed by atoms with Gasteiger partial charge in [-0.25, -0.2) is 0 Å². The second kappa shape index (κ2) is 6.78. The highest BCUT2D eigenvalue weighted by atomic mass is 32.2. The monoisotopic (exact) mass is 244 g/mol. The smallest absolute Gasteiger partial charge is 0.242 e. The van der Waals surface area contributed by atoms with Gasteiger partial charge < -0.3 is 10.2 Å². The number of hydrogen-bond acceptors (Lipinski definition) is 3. The molecule has 0 saturated carbocycles. The van der Waals surface area contributed by atoms with Crippen LogP contribution in [0, 0.1) is 0 Å². The Kier molecular flexibility index (Phi) is 5.66. The average Bonchev–Trinajstić information content (AvgIpc) is 2.67. The molecule has 1 atom stereocenters. The van der Waals surface area contributed by atoms with Gasteiger partial charge in [0.1, 0.15) is 6.04 Å². The van der Waals surface area contributed by atoms with E-state index in [9.17, 15) is 9.59 Å². The highest BCUT2D eigenvalue weighted by molar-refractivity contribution is 7.98. The molecule has 0 aromatic rings. The molecule has 1 N–H and O–H groups in total. The molecule has 5 heteroatoms. The molecule has 1 aliphatic heterocycles. The van der Waals surface area contributed by atoms with E-state index in [4.69, 9.17) is 0 Å². The van der Waals surface area contributed by atoms with Crippen molar-refractivity contribution >= 4 is 23.6 Å². The Balaban J connectivity index is 2.46. The van der Waals surface area contributed by atoms with Gasteiger partial charge in [0.05, 0.1) is 0 Å². The Morgan fingerprint density at radius 1 is 1.62 bits per heavy atom. The predicted molar refractivity (Wildman–Crippen MR) is 66.4 cm³/mol. The number of rotatable bonds is 6. The minimum absolute atomic E-state index is 0.00759. The molecule has 92 valence electrons. The maximum Gasteiger partial charge on any atom is 0.242 e. The van der Waals surface area contributed by atoms with Crippen molar-refractivity contribution in [3.63, 3.8) is 0 Å². The molecule has 0 spiro atoms. The van der Waals surface area contributed by atoms with Crippen LogP contribution in [0.1, 0.15) is 26.2 Å². The molecular weight excluding hydrogens is 224 g/mol. The number of thioether (sulfide) groups is 1. The van der Waals surface area contributed by atoms with Crippen molar-refractivity contribution in [2.24, 2.45) is 0 Å². The first-order valence-corrected chi connectivity index (χ1v) is 7.16. The molecule has 1 fully saturated rings. The molecule has 1 heterocycles. The van der Waals surface area contributed by atoms with Crippen LogP contribution < -0.4 is 5.32 Å². The van der Waals surface area contributed by atoms with E-state index >= 15 is 0 Å². The van der Waals surface area contributed by atoms with Crippen molar-refractivity contribution in [1.29, 1.82) is 0 Å². The Bertz CT molecular complexity index is 258. The van der Waals surface area contributed by atoms with E-state index in [1.165, 1.54) is 0 Å². The first-order chi connectivity index (χ1) is 7.70. The summed E-state index contributed by atoms with van der Waals surface area (Å²) >= 11 is 1.70. The maximum absolute atomic E-state index is 11.9. The van der Waals surface area contributed by atoms with E-state index in [1.54, 1.807) is 16.7 Å². The van der Waals surface area contributed by atoms with E-state index in [1.807, 2.05) is 13.2 Å². The predicted octanol–water partition coefficient (Wildman–Crippen LogP) is 0.867. The summed E-state index contributed by atoms with van der Waals surface area (Å²) in [6.45, 7) is 3.36. The Morgan fingerprint density at radius 2 is 2.38 bits per heavy atom. The van der Waals surface area contributed by atoms with Crippen LogP contribution in [0.15, 0.2) is 0 Å². The molecule has 0 radical (unpaired) electrons. The quantitative estimate of drug-likeness (QED) is 0.705. The minimum atomic E-state index is -0.267. The van der Waals surface area contributed by atoms with E-state index in [2.05, 4.69) is 5.32 Å². The summed E-state index contributed by atoms with van der Waals surface area (Å²) in [7, 11) is 0. The maximum atomic E-state index is 11.9. The first kappa shape index (κ1) is 13.4. The third kappa shape index (κ3) is 3.40. The fourth-order valence-electron chi connectivity index (χ4n) is 1.94. The lowest BCUT2D eigenvalue weighted by molar-refractivity contribution is -0.137. The van der Waals surface area contributed by atoms with Crippen molar-refractivity contribution in [2.75, 3.05) is 25.1 Å². The minimum Gasteiger partial charge on any atom is -0.353 e. The van der Waals surface area contributed by atoms with Gasteiger partial charge in [0.25, 0.3) is 0 Å². The number of nitrogens with zero attached hydrogens (tertiary/aromatic N) is 1. The van der Waals surface area contributed by atoms with Gasteiger partial charge in [-0.15, -0.1) is 0 Å². The Labute approximate surface area is 101 Å². The summed E-state index contributed by atoms with van der Waals surface area (Å²) in [5, 5.41) is 2.88. The molecule has 4 nitrogen and oxygen atoms in total. The molecular formula is C11H20N2O2S.